The van der Waals surface area contributed by atoms with Crippen molar-refractivity contribution in [2.75, 3.05) is 33.0 Å². The molecule has 0 bridgehead atoms. The molecular weight excluding hydrogens is 330 g/mol. The standard InChI is InChI=1S/C21H19NO4/c1-22-10-13-7-17(23-2)18(24-3)8-15(13)14-5-4-12-6-19-20(26-11-25-19)9-16(12)21(14)22/h4-9H,10-11H2,1-3H3. The lowest BCUT2D eigenvalue weighted by molar-refractivity contribution is 0.174. The second-order valence-corrected chi connectivity index (χ2v) is 6.61. The van der Waals surface area contributed by atoms with Crippen LogP contribution >= 0.6 is 0 Å². The van der Waals surface area contributed by atoms with Crippen LogP contribution < -0.4 is 23.8 Å². The average molecular weight is 349 g/mol. The minimum Gasteiger partial charge on any atom is -0.493 e. The maximum Gasteiger partial charge on any atom is 0.231 e. The Morgan fingerprint density at radius 1 is 0.885 bits per heavy atom. The summed E-state index contributed by atoms with van der Waals surface area (Å²) in [7, 11) is 5.45. The predicted octanol–water partition coefficient (Wildman–Crippen LogP) is 4.20. The van der Waals surface area contributed by atoms with Gasteiger partial charge in [0.05, 0.1) is 19.9 Å². The molecule has 0 saturated heterocycles. The van der Waals surface area contributed by atoms with Crippen molar-refractivity contribution in [1.82, 2.24) is 0 Å². The molecule has 0 radical (unpaired) electrons. The van der Waals surface area contributed by atoms with Gasteiger partial charge in [-0.05, 0) is 40.8 Å². The minimum atomic E-state index is 0.281. The van der Waals surface area contributed by atoms with E-state index in [0.717, 1.165) is 40.3 Å². The molecule has 132 valence electrons. The molecular formula is C21H19NO4. The van der Waals surface area contributed by atoms with E-state index in [2.05, 4.69) is 48.3 Å². The summed E-state index contributed by atoms with van der Waals surface area (Å²) in [5.41, 5.74) is 4.77. The summed E-state index contributed by atoms with van der Waals surface area (Å²) in [6.07, 6.45) is 0. The van der Waals surface area contributed by atoms with Gasteiger partial charge in [0, 0.05) is 24.5 Å². The highest BCUT2D eigenvalue weighted by Gasteiger charge is 2.25. The Morgan fingerprint density at radius 3 is 2.38 bits per heavy atom. The number of anilines is 1. The fourth-order valence-corrected chi connectivity index (χ4v) is 3.96. The summed E-state index contributed by atoms with van der Waals surface area (Å²) in [5.74, 6) is 3.11. The molecule has 3 aromatic rings. The lowest BCUT2D eigenvalue weighted by Gasteiger charge is -2.31. The molecule has 0 aromatic heterocycles. The Morgan fingerprint density at radius 2 is 1.62 bits per heavy atom. The third kappa shape index (κ3) is 2.03. The van der Waals surface area contributed by atoms with Gasteiger partial charge in [0.15, 0.2) is 23.0 Å². The van der Waals surface area contributed by atoms with Gasteiger partial charge in [-0.1, -0.05) is 12.1 Å². The highest BCUT2D eigenvalue weighted by atomic mass is 16.7. The van der Waals surface area contributed by atoms with Gasteiger partial charge in [-0.25, -0.2) is 0 Å². The molecule has 5 nitrogen and oxygen atoms in total. The van der Waals surface area contributed by atoms with Crippen LogP contribution in [0.5, 0.6) is 23.0 Å². The SMILES string of the molecule is COc1cc2c(cc1OC)-c1ccc3cc4c(cc3c1N(C)C2)OCO4. The topological polar surface area (TPSA) is 40.2 Å². The Balaban J connectivity index is 1.79. The minimum absolute atomic E-state index is 0.281. The summed E-state index contributed by atoms with van der Waals surface area (Å²) >= 11 is 0. The van der Waals surface area contributed by atoms with Gasteiger partial charge < -0.3 is 23.8 Å². The molecule has 0 saturated carbocycles. The monoisotopic (exact) mass is 349 g/mol. The van der Waals surface area contributed by atoms with Crippen LogP contribution in [-0.2, 0) is 6.54 Å². The van der Waals surface area contributed by atoms with Crippen LogP contribution in [0.15, 0.2) is 36.4 Å². The van der Waals surface area contributed by atoms with Crippen molar-refractivity contribution >= 4 is 16.5 Å². The van der Waals surface area contributed by atoms with E-state index in [4.69, 9.17) is 18.9 Å². The zero-order valence-corrected chi connectivity index (χ0v) is 15.0. The second-order valence-electron chi connectivity index (χ2n) is 6.61. The summed E-state index contributed by atoms with van der Waals surface area (Å²) < 4.78 is 22.1. The fraction of sp³-hybridized carbons (Fsp3) is 0.238. The van der Waals surface area contributed by atoms with Crippen molar-refractivity contribution in [3.8, 4) is 34.1 Å². The molecule has 0 atom stereocenters. The molecule has 0 amide bonds. The molecule has 0 spiro atoms. The van der Waals surface area contributed by atoms with Crippen LogP contribution in [0.2, 0.25) is 0 Å². The average Bonchev–Trinajstić information content (AvgIpc) is 3.12. The van der Waals surface area contributed by atoms with Gasteiger partial charge in [0.2, 0.25) is 6.79 Å². The Kier molecular flexibility index (Phi) is 3.19. The van der Waals surface area contributed by atoms with E-state index < -0.39 is 0 Å². The van der Waals surface area contributed by atoms with E-state index in [9.17, 15) is 0 Å². The molecule has 0 aliphatic carbocycles. The molecule has 0 N–H and O–H groups in total. The van der Waals surface area contributed by atoms with Crippen molar-refractivity contribution in [3.63, 3.8) is 0 Å². The van der Waals surface area contributed by atoms with Gasteiger partial charge in [0.25, 0.3) is 0 Å². The van der Waals surface area contributed by atoms with E-state index >= 15 is 0 Å². The van der Waals surface area contributed by atoms with E-state index in [-0.39, 0.29) is 6.79 Å². The Hall–Kier alpha value is -3.08. The maximum atomic E-state index is 5.59. The number of fused-ring (bicyclic) bond motifs is 6. The molecule has 0 fully saturated rings. The van der Waals surface area contributed by atoms with Crippen LogP contribution in [0.1, 0.15) is 5.56 Å². The zero-order valence-electron chi connectivity index (χ0n) is 15.0. The number of benzene rings is 3. The first-order valence-electron chi connectivity index (χ1n) is 8.52. The lowest BCUT2D eigenvalue weighted by atomic mass is 9.90. The first-order chi connectivity index (χ1) is 12.7. The van der Waals surface area contributed by atoms with Gasteiger partial charge in [0.1, 0.15) is 0 Å². The zero-order chi connectivity index (χ0) is 17.8. The molecule has 2 heterocycles. The van der Waals surface area contributed by atoms with E-state index in [1.807, 2.05) is 0 Å². The molecule has 3 aromatic carbocycles. The number of methoxy groups -OCH3 is 2. The summed E-state index contributed by atoms with van der Waals surface area (Å²) in [5, 5.41) is 2.30. The smallest absolute Gasteiger partial charge is 0.231 e. The maximum absolute atomic E-state index is 5.59. The van der Waals surface area contributed by atoms with Crippen LogP contribution in [0.25, 0.3) is 21.9 Å². The Labute approximate surface area is 151 Å². The highest BCUT2D eigenvalue weighted by Crippen LogP contribution is 2.48. The summed E-state index contributed by atoms with van der Waals surface area (Å²) in [6.45, 7) is 1.08. The summed E-state index contributed by atoms with van der Waals surface area (Å²) in [4.78, 5) is 2.27. The first-order valence-corrected chi connectivity index (χ1v) is 8.52. The van der Waals surface area contributed by atoms with Gasteiger partial charge in [-0.15, -0.1) is 0 Å². The van der Waals surface area contributed by atoms with E-state index in [0.29, 0.717) is 0 Å². The Bertz CT molecular complexity index is 1040. The quantitative estimate of drug-likeness (QED) is 0.693. The predicted molar refractivity (Wildman–Crippen MR) is 101 cm³/mol. The van der Waals surface area contributed by atoms with Crippen LogP contribution in [-0.4, -0.2) is 28.1 Å². The van der Waals surface area contributed by atoms with E-state index in [1.165, 1.54) is 22.4 Å². The number of ether oxygens (including phenoxy) is 4. The summed E-state index contributed by atoms with van der Waals surface area (Å²) in [6, 6.07) is 12.6. The van der Waals surface area contributed by atoms with Crippen molar-refractivity contribution < 1.29 is 18.9 Å². The van der Waals surface area contributed by atoms with Crippen molar-refractivity contribution in [2.45, 2.75) is 6.54 Å². The van der Waals surface area contributed by atoms with Crippen LogP contribution in [0.3, 0.4) is 0 Å². The second kappa shape index (κ2) is 5.46. The molecule has 2 aliphatic rings. The van der Waals surface area contributed by atoms with Crippen LogP contribution in [0, 0.1) is 0 Å². The molecule has 2 aliphatic heterocycles. The van der Waals surface area contributed by atoms with Crippen molar-refractivity contribution in [2.24, 2.45) is 0 Å². The number of nitrogens with zero attached hydrogens (tertiary/aromatic N) is 1. The largest absolute Gasteiger partial charge is 0.493 e. The van der Waals surface area contributed by atoms with Gasteiger partial charge in [-0.2, -0.15) is 0 Å². The first kappa shape index (κ1) is 15.2. The number of rotatable bonds is 2. The molecule has 5 rings (SSSR count). The lowest BCUT2D eigenvalue weighted by Crippen LogP contribution is -2.22. The van der Waals surface area contributed by atoms with Gasteiger partial charge in [-0.3, -0.25) is 0 Å². The van der Waals surface area contributed by atoms with Crippen LogP contribution in [0.4, 0.5) is 5.69 Å². The number of hydrogen-bond donors (Lipinski definition) is 0. The highest BCUT2D eigenvalue weighted by molar-refractivity contribution is 6.05. The molecule has 26 heavy (non-hydrogen) atoms. The van der Waals surface area contributed by atoms with Crippen molar-refractivity contribution in [1.29, 1.82) is 0 Å². The fourth-order valence-electron chi connectivity index (χ4n) is 3.96. The van der Waals surface area contributed by atoms with Gasteiger partial charge >= 0.3 is 0 Å². The third-order valence-electron chi connectivity index (χ3n) is 5.17. The van der Waals surface area contributed by atoms with E-state index in [1.54, 1.807) is 14.2 Å². The molecule has 5 heteroatoms. The molecule has 0 unspecified atom stereocenters. The normalized spacial score (nSPS) is 14.2. The third-order valence-corrected chi connectivity index (χ3v) is 5.17. The van der Waals surface area contributed by atoms with Crippen molar-refractivity contribution in [3.05, 3.63) is 42.0 Å². The number of hydrogen-bond acceptors (Lipinski definition) is 5.